The Labute approximate surface area is 256 Å². The number of aromatic nitrogens is 3. The van der Waals surface area contributed by atoms with Crippen LogP contribution in [-0.4, -0.2) is 69.2 Å². The summed E-state index contributed by atoms with van der Waals surface area (Å²) in [5.74, 6) is -3.56. The highest BCUT2D eigenvalue weighted by Crippen LogP contribution is 2.51. The van der Waals surface area contributed by atoms with E-state index in [1.54, 1.807) is 28.9 Å². The average molecular weight is 615 g/mol. The molecule has 4 aromatic rings. The first-order valence-electron chi connectivity index (χ1n) is 14.0. The van der Waals surface area contributed by atoms with Crippen molar-refractivity contribution in [2.75, 3.05) is 19.0 Å². The Balaban J connectivity index is 1.52. The van der Waals surface area contributed by atoms with E-state index < -0.39 is 47.5 Å². The van der Waals surface area contributed by atoms with Crippen LogP contribution in [0.25, 0.3) is 21.8 Å². The third kappa shape index (κ3) is 4.55. The fourth-order valence-electron chi connectivity index (χ4n) is 6.22. The van der Waals surface area contributed by atoms with Gasteiger partial charge in [0.1, 0.15) is 16.3 Å². The number of nitrogens with zero attached hydrogens (tertiary/aromatic N) is 5. The topological polar surface area (TPSA) is 165 Å². The molecule has 2 amide bonds. The third-order valence-corrected chi connectivity index (χ3v) is 9.40. The Morgan fingerprint density at radius 2 is 1.91 bits per heavy atom. The zero-order valence-electron chi connectivity index (χ0n) is 24.4. The van der Waals surface area contributed by atoms with Gasteiger partial charge in [0.25, 0.3) is 5.91 Å². The Hall–Kier alpha value is -4.88. The maximum Gasteiger partial charge on any atom is 0.283 e. The summed E-state index contributed by atoms with van der Waals surface area (Å²) in [7, 11) is 3.85. The lowest BCUT2D eigenvalue weighted by atomic mass is 9.77. The van der Waals surface area contributed by atoms with Crippen molar-refractivity contribution in [1.29, 1.82) is 0 Å². The van der Waals surface area contributed by atoms with E-state index in [1.165, 1.54) is 33.9 Å². The molecule has 3 aromatic heterocycles. The number of carbonyl (C=O) groups excluding carboxylic acids is 4. The summed E-state index contributed by atoms with van der Waals surface area (Å²) in [4.78, 5) is 59.7. The number of imidazole rings is 1. The number of hydrogen-bond donors (Lipinski definition) is 2. The van der Waals surface area contributed by atoms with Crippen molar-refractivity contribution in [1.82, 2.24) is 14.3 Å². The van der Waals surface area contributed by atoms with Crippen molar-refractivity contribution in [2.24, 2.45) is 17.6 Å². The number of ketones is 1. The van der Waals surface area contributed by atoms with Crippen molar-refractivity contribution in [3.63, 3.8) is 0 Å². The van der Waals surface area contributed by atoms with E-state index >= 15 is 0 Å². The van der Waals surface area contributed by atoms with Gasteiger partial charge in [0.05, 0.1) is 40.2 Å². The number of rotatable bonds is 9. The zero-order chi connectivity index (χ0) is 31.6. The summed E-state index contributed by atoms with van der Waals surface area (Å²) in [5, 5.41) is 22.7. The van der Waals surface area contributed by atoms with E-state index in [0.29, 0.717) is 21.1 Å². The van der Waals surface area contributed by atoms with Crippen LogP contribution >= 0.6 is 11.3 Å². The highest BCUT2D eigenvalue weighted by atomic mass is 32.1. The van der Waals surface area contributed by atoms with Gasteiger partial charge in [-0.25, -0.2) is 4.98 Å². The minimum absolute atomic E-state index is 0.103. The molecule has 0 bridgehead atoms. The van der Waals surface area contributed by atoms with E-state index in [9.17, 15) is 29.4 Å². The molecular weight excluding hydrogens is 584 g/mol. The Morgan fingerprint density at radius 1 is 1.20 bits per heavy atom. The number of aliphatic hydroxyl groups excluding tert-OH is 1. The lowest BCUT2D eigenvalue weighted by Crippen LogP contribution is -2.64. The molecule has 1 saturated heterocycles. The first kappa shape index (κ1) is 29.2. The molecule has 1 aromatic carbocycles. The Kier molecular flexibility index (Phi) is 7.09. The number of pyridine rings is 1. The first-order valence-corrected chi connectivity index (χ1v) is 14.8. The quantitative estimate of drug-likeness (QED) is 0.156. The van der Waals surface area contributed by atoms with E-state index in [1.807, 2.05) is 50.2 Å². The van der Waals surface area contributed by atoms with Gasteiger partial charge in [-0.1, -0.05) is 6.92 Å². The first-order chi connectivity index (χ1) is 20.9. The number of carboxylic acids is 1. The largest absolute Gasteiger partial charge is 0.543 e. The number of β-lactam (4-membered cyclic amide) rings is 1. The summed E-state index contributed by atoms with van der Waals surface area (Å²) in [5.41, 5.74) is 7.67. The van der Waals surface area contributed by atoms with E-state index in [4.69, 9.17) is 10.7 Å². The summed E-state index contributed by atoms with van der Waals surface area (Å²) in [6, 6.07) is 10.4. The molecule has 4 atom stereocenters. The standard InChI is InChI=1S/C31H30N6O6S/c1-15-22(26(31(42)43)37-25(15)23(16(2)38)29(37)41)20-13-36-28(17-7-9-19(10-8-17)34(3)4)33-24(30(36)44-20)27(40)18-6-5-11-35(12-18)14-21(32)39/h5-13,15-16,23,25,38H,14H2,1-4H3,(H2-,32,39,42,43)/t15-,16+,23+,25+/m0/s1. The Morgan fingerprint density at radius 3 is 2.52 bits per heavy atom. The molecule has 13 heteroatoms. The minimum atomic E-state index is -1.48. The van der Waals surface area contributed by atoms with Gasteiger partial charge in [0.2, 0.25) is 18.2 Å². The van der Waals surface area contributed by atoms with E-state index in [-0.39, 0.29) is 23.5 Å². The number of aliphatic hydroxyl groups is 1. The maximum absolute atomic E-state index is 13.9. The monoisotopic (exact) mass is 614 g/mol. The van der Waals surface area contributed by atoms with Crippen molar-refractivity contribution >= 4 is 51.0 Å². The number of primary amides is 1. The van der Waals surface area contributed by atoms with Crippen LogP contribution < -0.4 is 20.3 Å². The minimum Gasteiger partial charge on any atom is -0.543 e. The van der Waals surface area contributed by atoms with Crippen LogP contribution in [0.1, 0.15) is 34.8 Å². The third-order valence-electron chi connectivity index (χ3n) is 8.27. The van der Waals surface area contributed by atoms with Crippen molar-refractivity contribution in [3.05, 3.63) is 76.8 Å². The SMILES string of the molecule is C[C@@H](O)[C@H]1C(=O)N2C(C(=O)[O-])=C(c3cn4c(-c5ccc(N(C)C)cc5)nc(C(=O)c5ccc[n+](CC(N)=O)c5)c4s3)[C@H](C)[C@H]12. The number of anilines is 1. The predicted octanol–water partition coefficient (Wildman–Crippen LogP) is 0.451. The molecule has 226 valence electrons. The second-order valence-electron chi connectivity index (χ2n) is 11.4. The molecule has 6 rings (SSSR count). The van der Waals surface area contributed by atoms with Crippen molar-refractivity contribution < 1.29 is 34.0 Å². The van der Waals surface area contributed by atoms with Crippen LogP contribution in [-0.2, 0) is 20.9 Å². The van der Waals surface area contributed by atoms with Crippen LogP contribution in [0.2, 0.25) is 0 Å². The number of aliphatic carboxylic acids is 1. The predicted molar refractivity (Wildman–Crippen MR) is 159 cm³/mol. The Bertz CT molecular complexity index is 1890. The highest BCUT2D eigenvalue weighted by molar-refractivity contribution is 7.18. The van der Waals surface area contributed by atoms with Gasteiger partial charge in [0, 0.05) is 49.1 Å². The molecule has 5 heterocycles. The molecule has 0 saturated carbocycles. The van der Waals surface area contributed by atoms with Gasteiger partial charge in [-0.2, -0.15) is 4.57 Å². The van der Waals surface area contributed by atoms with Gasteiger partial charge >= 0.3 is 0 Å². The molecule has 2 aliphatic rings. The summed E-state index contributed by atoms with van der Waals surface area (Å²) in [6.07, 6.45) is 3.95. The van der Waals surface area contributed by atoms with Crippen molar-refractivity contribution in [2.45, 2.75) is 32.5 Å². The lowest BCUT2D eigenvalue weighted by molar-refractivity contribution is -0.684. The van der Waals surface area contributed by atoms with Crippen LogP contribution in [0.15, 0.2) is 60.7 Å². The molecular formula is C31H30N6O6S. The van der Waals surface area contributed by atoms with E-state index in [0.717, 1.165) is 11.3 Å². The molecule has 0 aliphatic carbocycles. The van der Waals surface area contributed by atoms with Gasteiger partial charge in [-0.05, 0) is 37.3 Å². The number of benzene rings is 1. The molecule has 0 unspecified atom stereocenters. The maximum atomic E-state index is 13.9. The second kappa shape index (κ2) is 10.7. The van der Waals surface area contributed by atoms with Gasteiger partial charge in [0.15, 0.2) is 12.4 Å². The number of hydrogen-bond acceptors (Lipinski definition) is 9. The molecule has 0 radical (unpaired) electrons. The smallest absolute Gasteiger partial charge is 0.283 e. The highest BCUT2D eigenvalue weighted by Gasteiger charge is 2.59. The van der Waals surface area contributed by atoms with Gasteiger partial charge < -0.3 is 30.5 Å². The van der Waals surface area contributed by atoms with Crippen LogP contribution in [0, 0.1) is 11.8 Å². The fourth-order valence-corrected chi connectivity index (χ4v) is 7.45. The lowest BCUT2D eigenvalue weighted by Gasteiger charge is -2.47. The molecule has 12 nitrogen and oxygen atoms in total. The number of carboxylic acid groups (broad SMARTS) is 1. The molecule has 2 aliphatic heterocycles. The number of carbonyl (C=O) groups is 4. The number of amides is 2. The van der Waals surface area contributed by atoms with Crippen LogP contribution in [0.4, 0.5) is 5.69 Å². The van der Waals surface area contributed by atoms with Gasteiger partial charge in [-0.15, -0.1) is 11.3 Å². The number of fused-ring (bicyclic) bond motifs is 2. The number of nitrogens with two attached hydrogens (primary N) is 1. The normalized spacial score (nSPS) is 20.1. The molecule has 3 N–H and O–H groups in total. The second-order valence-corrected chi connectivity index (χ2v) is 12.4. The summed E-state index contributed by atoms with van der Waals surface area (Å²) in [6.45, 7) is 3.24. The van der Waals surface area contributed by atoms with Crippen molar-refractivity contribution in [3.8, 4) is 11.4 Å². The summed E-state index contributed by atoms with van der Waals surface area (Å²) < 4.78 is 3.27. The zero-order valence-corrected chi connectivity index (χ0v) is 25.2. The number of thiazole rings is 1. The molecule has 0 spiro atoms. The van der Waals surface area contributed by atoms with Gasteiger partial charge in [-0.3, -0.25) is 18.8 Å². The molecule has 1 fully saturated rings. The van der Waals surface area contributed by atoms with Crippen LogP contribution in [0.5, 0.6) is 0 Å². The van der Waals surface area contributed by atoms with Crippen LogP contribution in [0.3, 0.4) is 0 Å². The summed E-state index contributed by atoms with van der Waals surface area (Å²) >= 11 is 1.19. The average Bonchev–Trinajstić information content (AvgIpc) is 3.61. The van der Waals surface area contributed by atoms with E-state index in [2.05, 4.69) is 0 Å². The molecule has 44 heavy (non-hydrogen) atoms. The fraction of sp³-hybridized carbons (Fsp3) is 0.290.